The quantitative estimate of drug-likeness (QED) is 0.309. The van der Waals surface area contributed by atoms with E-state index >= 15 is 0 Å². The van der Waals surface area contributed by atoms with E-state index < -0.39 is 0 Å². The lowest BCUT2D eigenvalue weighted by Gasteiger charge is -2.31. The van der Waals surface area contributed by atoms with E-state index in [1.807, 2.05) is 12.1 Å². The van der Waals surface area contributed by atoms with Crippen LogP contribution in [0.4, 0.5) is 0 Å². The van der Waals surface area contributed by atoms with Crippen molar-refractivity contribution in [3.8, 4) is 0 Å². The Balaban J connectivity index is 1.67. The average Bonchev–Trinajstić information content (AvgIpc) is 3.45. The number of thiophene rings is 1. The van der Waals surface area contributed by atoms with Crippen molar-refractivity contribution >= 4 is 34.1 Å². The fraction of sp³-hybridized carbons (Fsp3) is 0.552. The van der Waals surface area contributed by atoms with Crippen molar-refractivity contribution in [3.05, 3.63) is 52.0 Å². The maximum atomic E-state index is 13.3. The molecule has 35 heavy (non-hydrogen) atoms. The van der Waals surface area contributed by atoms with E-state index in [9.17, 15) is 9.59 Å². The van der Waals surface area contributed by atoms with Crippen LogP contribution in [0.15, 0.2) is 35.7 Å². The molecular weight excluding hydrogens is 454 g/mol. The zero-order valence-electron chi connectivity index (χ0n) is 21.8. The Labute approximate surface area is 213 Å². The molecular formula is C29H39N3O2S. The van der Waals surface area contributed by atoms with Crippen molar-refractivity contribution in [1.82, 2.24) is 14.5 Å². The number of imidazole rings is 1. The van der Waals surface area contributed by atoms with Crippen molar-refractivity contribution in [2.45, 2.75) is 71.8 Å². The average molecular weight is 494 g/mol. The fourth-order valence-corrected chi connectivity index (χ4v) is 6.31. The third-order valence-corrected chi connectivity index (χ3v) is 8.25. The zero-order chi connectivity index (χ0) is 25.1. The van der Waals surface area contributed by atoms with Gasteiger partial charge in [-0.2, -0.15) is 0 Å². The Hall–Kier alpha value is -2.47. The molecule has 4 rings (SSSR count). The summed E-state index contributed by atoms with van der Waals surface area (Å²) < 4.78 is 2.46. The highest BCUT2D eigenvalue weighted by molar-refractivity contribution is 7.09. The van der Waals surface area contributed by atoms with Crippen LogP contribution in [0.3, 0.4) is 0 Å². The molecule has 2 heterocycles. The Kier molecular flexibility index (Phi) is 8.10. The summed E-state index contributed by atoms with van der Waals surface area (Å²) in [7, 11) is 3.53. The minimum Gasteiger partial charge on any atom is -0.349 e. The molecule has 0 bridgehead atoms. The Morgan fingerprint density at radius 2 is 1.94 bits per heavy atom. The third kappa shape index (κ3) is 5.85. The number of hydrogen-bond donors (Lipinski definition) is 0. The van der Waals surface area contributed by atoms with Gasteiger partial charge in [0.05, 0.1) is 11.0 Å². The smallest absolute Gasteiger partial charge is 0.225 e. The van der Waals surface area contributed by atoms with Gasteiger partial charge in [0.2, 0.25) is 5.91 Å². The number of nitrogens with zero attached hydrogens (tertiary/aromatic N) is 3. The van der Waals surface area contributed by atoms with Crippen molar-refractivity contribution in [1.29, 1.82) is 0 Å². The van der Waals surface area contributed by atoms with Gasteiger partial charge in [0.25, 0.3) is 0 Å². The van der Waals surface area contributed by atoms with E-state index in [1.165, 1.54) is 30.6 Å². The molecule has 6 heteroatoms. The number of carbonyl (C=O) groups excluding carboxylic acids is 2. The van der Waals surface area contributed by atoms with Gasteiger partial charge in [-0.3, -0.25) is 9.59 Å². The molecule has 0 aliphatic heterocycles. The molecule has 3 aromatic rings. The zero-order valence-corrected chi connectivity index (χ0v) is 22.6. The van der Waals surface area contributed by atoms with Crippen molar-refractivity contribution in [2.24, 2.45) is 17.8 Å². The van der Waals surface area contributed by atoms with Crippen LogP contribution in [0.2, 0.25) is 0 Å². The summed E-state index contributed by atoms with van der Waals surface area (Å²) >= 11 is 1.77. The largest absolute Gasteiger partial charge is 0.349 e. The summed E-state index contributed by atoms with van der Waals surface area (Å²) in [5, 5.41) is 2.12. The Bertz CT molecular complexity index is 1160. The first-order valence-corrected chi connectivity index (χ1v) is 13.9. The van der Waals surface area contributed by atoms with Gasteiger partial charge in [0.15, 0.2) is 5.78 Å². The highest BCUT2D eigenvalue weighted by Gasteiger charge is 2.28. The molecule has 1 saturated carbocycles. The number of aromatic nitrogens is 2. The number of Topliss-reactive ketones (excluding diaryl/α,β-unsaturated/α-hetero) is 1. The predicted molar refractivity (Wildman–Crippen MR) is 144 cm³/mol. The van der Waals surface area contributed by atoms with Crippen molar-refractivity contribution in [2.75, 3.05) is 14.1 Å². The molecule has 0 spiro atoms. The van der Waals surface area contributed by atoms with Crippen molar-refractivity contribution < 1.29 is 9.59 Å². The Morgan fingerprint density at radius 3 is 2.60 bits per heavy atom. The molecule has 1 amide bonds. The summed E-state index contributed by atoms with van der Waals surface area (Å²) in [6.07, 6.45) is 6.73. The first-order valence-electron chi connectivity index (χ1n) is 13.0. The van der Waals surface area contributed by atoms with Crippen LogP contribution < -0.4 is 0 Å². The van der Waals surface area contributed by atoms with E-state index in [-0.39, 0.29) is 24.0 Å². The van der Waals surface area contributed by atoms with E-state index in [0.29, 0.717) is 29.9 Å². The highest BCUT2D eigenvalue weighted by atomic mass is 32.1. The monoisotopic (exact) mass is 493 g/mol. The molecule has 1 aliphatic carbocycles. The van der Waals surface area contributed by atoms with Crippen LogP contribution in [0, 0.1) is 17.8 Å². The minimum atomic E-state index is -0.289. The van der Waals surface area contributed by atoms with Crippen LogP contribution in [0.5, 0.6) is 0 Å². The summed E-state index contributed by atoms with van der Waals surface area (Å²) in [5.74, 6) is 1.81. The molecule has 1 fully saturated rings. The van der Waals surface area contributed by atoms with Gasteiger partial charge in [-0.25, -0.2) is 4.98 Å². The molecule has 0 N–H and O–H groups in total. The first kappa shape index (κ1) is 25.6. The van der Waals surface area contributed by atoms with Gasteiger partial charge in [0.1, 0.15) is 5.82 Å². The summed E-state index contributed by atoms with van der Waals surface area (Å²) in [6.45, 7) is 6.56. The van der Waals surface area contributed by atoms with E-state index in [1.54, 1.807) is 30.3 Å². The standard InChI is InChI=1S/C29H39N3O2S/c1-19(2)15-22(29(34)31(4)5)17-27(33)21-12-13-26-24(16-21)30-28(18-23-10-8-14-35-23)32(26)25-11-7-6-9-20(25)3/h8,10,12-14,16,19-20,22,25H,6-7,9,11,15,17-18H2,1-5H3/t20?,22-,25?/m1/s1. The van der Waals surface area contributed by atoms with Crippen LogP contribution >= 0.6 is 11.3 Å². The third-order valence-electron chi connectivity index (χ3n) is 7.37. The molecule has 2 unspecified atom stereocenters. The molecule has 0 saturated heterocycles. The number of carbonyl (C=O) groups is 2. The number of fused-ring (bicyclic) bond motifs is 1. The second-order valence-electron chi connectivity index (χ2n) is 10.9. The lowest BCUT2D eigenvalue weighted by atomic mass is 9.85. The van der Waals surface area contributed by atoms with Gasteiger partial charge in [-0.05, 0) is 60.7 Å². The lowest BCUT2D eigenvalue weighted by Crippen LogP contribution is -2.32. The highest BCUT2D eigenvalue weighted by Crippen LogP contribution is 2.37. The van der Waals surface area contributed by atoms with E-state index in [4.69, 9.17) is 4.98 Å². The minimum absolute atomic E-state index is 0.0214. The van der Waals surface area contributed by atoms with Crippen LogP contribution in [-0.2, 0) is 11.2 Å². The molecule has 3 atom stereocenters. The first-order chi connectivity index (χ1) is 16.7. The summed E-state index contributed by atoms with van der Waals surface area (Å²) in [4.78, 5) is 34.0. The molecule has 0 radical (unpaired) electrons. The molecule has 5 nitrogen and oxygen atoms in total. The van der Waals surface area contributed by atoms with Gasteiger partial charge in [0, 0.05) is 49.3 Å². The summed E-state index contributed by atoms with van der Waals surface area (Å²) in [6, 6.07) is 10.7. The number of hydrogen-bond acceptors (Lipinski definition) is 4. The van der Waals surface area contributed by atoms with Crippen LogP contribution in [0.25, 0.3) is 11.0 Å². The number of ketones is 1. The predicted octanol–water partition coefficient (Wildman–Crippen LogP) is 6.76. The molecule has 2 aromatic heterocycles. The van der Waals surface area contributed by atoms with Crippen LogP contribution in [0.1, 0.15) is 86.4 Å². The maximum absolute atomic E-state index is 13.3. The normalized spacial score (nSPS) is 19.3. The van der Waals surface area contributed by atoms with Gasteiger partial charge >= 0.3 is 0 Å². The van der Waals surface area contributed by atoms with Crippen LogP contribution in [-0.4, -0.2) is 40.2 Å². The van der Waals surface area contributed by atoms with Gasteiger partial charge in [-0.15, -0.1) is 11.3 Å². The second kappa shape index (κ2) is 11.1. The number of benzene rings is 1. The van der Waals surface area contributed by atoms with Gasteiger partial charge < -0.3 is 9.47 Å². The fourth-order valence-electron chi connectivity index (χ4n) is 5.61. The number of amides is 1. The SMILES string of the molecule is CC(C)C[C@H](CC(=O)c1ccc2c(c1)nc(Cc1cccs1)n2C1CCCCC1C)C(=O)N(C)C. The molecule has 188 valence electrons. The second-order valence-corrected chi connectivity index (χ2v) is 11.9. The topological polar surface area (TPSA) is 55.2 Å². The van der Waals surface area contributed by atoms with E-state index in [2.05, 4.69) is 48.9 Å². The maximum Gasteiger partial charge on any atom is 0.225 e. The van der Waals surface area contributed by atoms with E-state index in [0.717, 1.165) is 23.3 Å². The van der Waals surface area contributed by atoms with Crippen molar-refractivity contribution in [3.63, 3.8) is 0 Å². The molecule has 1 aromatic carbocycles. The molecule has 1 aliphatic rings. The number of rotatable bonds is 9. The summed E-state index contributed by atoms with van der Waals surface area (Å²) in [5.41, 5.74) is 2.66. The lowest BCUT2D eigenvalue weighted by molar-refractivity contribution is -0.133. The van der Waals surface area contributed by atoms with Gasteiger partial charge in [-0.1, -0.05) is 39.7 Å². The Morgan fingerprint density at radius 1 is 1.17 bits per heavy atom.